The van der Waals surface area contributed by atoms with Gasteiger partial charge in [0.2, 0.25) is 6.29 Å². The summed E-state index contributed by atoms with van der Waals surface area (Å²) in [5.74, 6) is -1.43. The number of carbonyl (C=O) groups excluding carboxylic acids is 1. The fourth-order valence-corrected chi connectivity index (χ4v) is 3.60. The largest absolute Gasteiger partial charge is 0.479 e. The van der Waals surface area contributed by atoms with Gasteiger partial charge >= 0.3 is 5.97 Å². The molecular formula is C20H19NO5. The van der Waals surface area contributed by atoms with Gasteiger partial charge in [0.1, 0.15) is 6.10 Å². The van der Waals surface area contributed by atoms with Crippen LogP contribution < -0.4 is 0 Å². The first kappa shape index (κ1) is 16.8. The summed E-state index contributed by atoms with van der Waals surface area (Å²) in [6, 6.07) is 18.9. The quantitative estimate of drug-likeness (QED) is 0.888. The Morgan fingerprint density at radius 2 is 1.58 bits per heavy atom. The Labute approximate surface area is 151 Å². The van der Waals surface area contributed by atoms with Crippen molar-refractivity contribution < 1.29 is 24.2 Å². The number of hydrogen-bond acceptors (Lipinski definition) is 4. The van der Waals surface area contributed by atoms with Crippen LogP contribution in [-0.4, -0.2) is 46.4 Å². The molecule has 0 unspecified atom stereocenters. The molecule has 1 amide bonds. The highest BCUT2D eigenvalue weighted by molar-refractivity contribution is 5.84. The lowest BCUT2D eigenvalue weighted by Crippen LogP contribution is -2.57. The summed E-state index contributed by atoms with van der Waals surface area (Å²) >= 11 is 0. The van der Waals surface area contributed by atoms with Crippen molar-refractivity contribution in [1.29, 1.82) is 0 Å². The number of morpholine rings is 1. The molecule has 26 heavy (non-hydrogen) atoms. The lowest BCUT2D eigenvalue weighted by atomic mass is 9.95. The van der Waals surface area contributed by atoms with Gasteiger partial charge in [0.05, 0.1) is 6.04 Å². The SMILES string of the molecule is O=C(O)[C@@H]1O[C@H]2O[C@H]1[C@H](Cc1ccccc1)N(Cc1ccccc1)C2=O. The highest BCUT2D eigenvalue weighted by Gasteiger charge is 2.55. The summed E-state index contributed by atoms with van der Waals surface area (Å²) in [5, 5.41) is 9.47. The summed E-state index contributed by atoms with van der Waals surface area (Å²) in [7, 11) is 0. The van der Waals surface area contributed by atoms with E-state index in [0.717, 1.165) is 11.1 Å². The zero-order valence-electron chi connectivity index (χ0n) is 14.0. The second-order valence-corrected chi connectivity index (χ2v) is 6.54. The minimum Gasteiger partial charge on any atom is -0.479 e. The standard InChI is InChI=1S/C20H19NO5/c22-18-20-25-16(17(26-20)19(23)24)15(11-13-7-3-1-4-8-13)21(18)12-14-9-5-2-6-10-14/h1-10,15-17,20H,11-12H2,(H,23,24)/t15-,16-,17+,20+/m0/s1. The van der Waals surface area contributed by atoms with E-state index in [9.17, 15) is 14.7 Å². The maximum absolute atomic E-state index is 12.8. The average molecular weight is 353 g/mol. The van der Waals surface area contributed by atoms with Crippen molar-refractivity contribution in [2.45, 2.75) is 37.5 Å². The van der Waals surface area contributed by atoms with Gasteiger partial charge in [-0.15, -0.1) is 0 Å². The minimum atomic E-state index is -1.14. The molecule has 0 aliphatic carbocycles. The third-order valence-corrected chi connectivity index (χ3v) is 4.84. The number of benzene rings is 2. The van der Waals surface area contributed by atoms with Gasteiger partial charge in [-0.2, -0.15) is 0 Å². The van der Waals surface area contributed by atoms with E-state index in [2.05, 4.69) is 0 Å². The normalized spacial score (nSPS) is 27.5. The Morgan fingerprint density at radius 1 is 0.962 bits per heavy atom. The van der Waals surface area contributed by atoms with Crippen molar-refractivity contribution >= 4 is 11.9 Å². The molecule has 134 valence electrons. The molecule has 2 bridgehead atoms. The highest BCUT2D eigenvalue weighted by atomic mass is 16.7. The van der Waals surface area contributed by atoms with Crippen LogP contribution in [0.4, 0.5) is 0 Å². The first-order valence-electron chi connectivity index (χ1n) is 8.55. The number of carboxylic acids is 1. The van der Waals surface area contributed by atoms with Crippen LogP contribution in [-0.2, 0) is 32.0 Å². The van der Waals surface area contributed by atoms with E-state index in [1.54, 1.807) is 4.90 Å². The molecule has 1 N–H and O–H groups in total. The maximum Gasteiger partial charge on any atom is 0.335 e. The summed E-state index contributed by atoms with van der Waals surface area (Å²) in [4.78, 5) is 26.1. The van der Waals surface area contributed by atoms with Gasteiger partial charge in [0.25, 0.3) is 5.91 Å². The van der Waals surface area contributed by atoms with E-state index in [0.29, 0.717) is 13.0 Å². The smallest absolute Gasteiger partial charge is 0.335 e. The molecule has 4 rings (SSSR count). The van der Waals surface area contributed by atoms with E-state index in [4.69, 9.17) is 9.47 Å². The van der Waals surface area contributed by atoms with E-state index >= 15 is 0 Å². The number of carbonyl (C=O) groups is 2. The Bertz CT molecular complexity index is 794. The molecule has 4 atom stereocenters. The Balaban J connectivity index is 1.67. The molecule has 0 saturated carbocycles. The Hall–Kier alpha value is -2.70. The molecular weight excluding hydrogens is 334 g/mol. The van der Waals surface area contributed by atoms with E-state index in [1.807, 2.05) is 60.7 Å². The van der Waals surface area contributed by atoms with Gasteiger partial charge in [-0.25, -0.2) is 4.79 Å². The monoisotopic (exact) mass is 353 g/mol. The van der Waals surface area contributed by atoms with Gasteiger partial charge in [-0.05, 0) is 17.5 Å². The zero-order valence-corrected chi connectivity index (χ0v) is 14.0. The molecule has 2 saturated heterocycles. The van der Waals surface area contributed by atoms with Crippen LogP contribution in [0.25, 0.3) is 0 Å². The highest BCUT2D eigenvalue weighted by Crippen LogP contribution is 2.34. The van der Waals surface area contributed by atoms with Crippen LogP contribution in [0.15, 0.2) is 60.7 Å². The van der Waals surface area contributed by atoms with E-state index in [1.165, 1.54) is 0 Å². The Morgan fingerprint density at radius 3 is 2.19 bits per heavy atom. The molecule has 2 aromatic rings. The van der Waals surface area contributed by atoms with E-state index < -0.39 is 30.5 Å². The van der Waals surface area contributed by atoms with Gasteiger partial charge in [-0.1, -0.05) is 60.7 Å². The second kappa shape index (κ2) is 6.90. The van der Waals surface area contributed by atoms with Gasteiger partial charge < -0.3 is 19.5 Å². The van der Waals surface area contributed by atoms with Crippen molar-refractivity contribution in [3.05, 3.63) is 71.8 Å². The lowest BCUT2D eigenvalue weighted by Gasteiger charge is -2.39. The molecule has 2 aliphatic rings. The van der Waals surface area contributed by atoms with Crippen LogP contribution >= 0.6 is 0 Å². The van der Waals surface area contributed by atoms with Crippen molar-refractivity contribution in [3.8, 4) is 0 Å². The van der Waals surface area contributed by atoms with Crippen molar-refractivity contribution in [2.24, 2.45) is 0 Å². The maximum atomic E-state index is 12.8. The van der Waals surface area contributed by atoms with E-state index in [-0.39, 0.29) is 5.91 Å². The summed E-state index contributed by atoms with van der Waals surface area (Å²) < 4.78 is 11.0. The first-order valence-corrected chi connectivity index (χ1v) is 8.55. The van der Waals surface area contributed by atoms with Crippen molar-refractivity contribution in [3.63, 3.8) is 0 Å². The van der Waals surface area contributed by atoms with Gasteiger partial charge in [-0.3, -0.25) is 4.79 Å². The number of amides is 1. The van der Waals surface area contributed by atoms with Crippen molar-refractivity contribution in [2.75, 3.05) is 0 Å². The molecule has 6 nitrogen and oxygen atoms in total. The fourth-order valence-electron chi connectivity index (χ4n) is 3.60. The fraction of sp³-hybridized carbons (Fsp3) is 0.300. The van der Waals surface area contributed by atoms with Crippen LogP contribution in [0.5, 0.6) is 0 Å². The predicted octanol–water partition coefficient (Wildman–Crippen LogP) is 1.83. The molecule has 0 aromatic heterocycles. The van der Waals surface area contributed by atoms with Gasteiger partial charge in [0.15, 0.2) is 6.10 Å². The molecule has 0 spiro atoms. The topological polar surface area (TPSA) is 76.1 Å². The number of ether oxygens (including phenoxy) is 2. The number of aliphatic carboxylic acids is 1. The minimum absolute atomic E-state index is 0.324. The van der Waals surface area contributed by atoms with Crippen LogP contribution in [0.1, 0.15) is 11.1 Å². The number of fused-ring (bicyclic) bond motifs is 2. The number of nitrogens with zero attached hydrogens (tertiary/aromatic N) is 1. The molecule has 2 aliphatic heterocycles. The molecule has 2 heterocycles. The molecule has 0 radical (unpaired) electrons. The first-order chi connectivity index (χ1) is 12.6. The van der Waals surface area contributed by atoms with Crippen LogP contribution in [0, 0.1) is 0 Å². The summed E-state index contributed by atoms with van der Waals surface area (Å²) in [6.07, 6.45) is -2.47. The number of carboxylic acid groups (broad SMARTS) is 1. The number of hydrogen-bond donors (Lipinski definition) is 1. The third-order valence-electron chi connectivity index (χ3n) is 4.84. The molecule has 2 fully saturated rings. The molecule has 6 heteroatoms. The third kappa shape index (κ3) is 3.09. The average Bonchev–Trinajstić information content (AvgIpc) is 3.07. The number of rotatable bonds is 5. The summed E-state index contributed by atoms with van der Waals surface area (Å²) in [6.45, 7) is 0.392. The molecule has 2 aromatic carbocycles. The van der Waals surface area contributed by atoms with Crippen molar-refractivity contribution in [1.82, 2.24) is 4.90 Å². The lowest BCUT2D eigenvalue weighted by molar-refractivity contribution is -0.179. The van der Waals surface area contributed by atoms with Crippen LogP contribution in [0.3, 0.4) is 0 Å². The summed E-state index contributed by atoms with van der Waals surface area (Å²) in [5.41, 5.74) is 1.99. The second-order valence-electron chi connectivity index (χ2n) is 6.54. The van der Waals surface area contributed by atoms with Gasteiger partial charge in [0, 0.05) is 6.54 Å². The van der Waals surface area contributed by atoms with Crippen LogP contribution in [0.2, 0.25) is 0 Å². The predicted molar refractivity (Wildman–Crippen MR) is 92.1 cm³/mol. The Kier molecular flexibility index (Phi) is 4.44. The zero-order chi connectivity index (χ0) is 18.1.